The van der Waals surface area contributed by atoms with Gasteiger partial charge in [-0.25, -0.2) is 12.7 Å². The monoisotopic (exact) mass is 318 g/mol. The Balaban J connectivity index is 1.97. The number of carbonyl (C=O) groups is 1. The van der Waals surface area contributed by atoms with E-state index in [-0.39, 0.29) is 24.5 Å². The summed E-state index contributed by atoms with van der Waals surface area (Å²) in [6.45, 7) is 1.59. The molecule has 2 fully saturated rings. The molecule has 0 aromatic heterocycles. The van der Waals surface area contributed by atoms with Crippen LogP contribution in [0, 0.1) is 5.92 Å². The van der Waals surface area contributed by atoms with E-state index >= 15 is 0 Å². The highest BCUT2D eigenvalue weighted by molar-refractivity contribution is 7.88. The molecule has 0 aromatic carbocycles. The predicted molar refractivity (Wildman–Crippen MR) is 80.2 cm³/mol. The second-order valence-electron chi connectivity index (χ2n) is 6.15. The molecule has 21 heavy (non-hydrogen) atoms. The van der Waals surface area contributed by atoms with Crippen molar-refractivity contribution in [1.82, 2.24) is 9.21 Å². The van der Waals surface area contributed by atoms with Crippen molar-refractivity contribution in [3.05, 3.63) is 0 Å². The number of rotatable bonds is 3. The standard InChI is InChI=1S/C14H26N2O4S/c1-21(19,20)15-9-6-12(7-10-15)14(18)16-8-4-2-3-5-13(16)11-17/h12-13,17H,2-11H2,1H3. The molecular formula is C14H26N2O4S. The average Bonchev–Trinajstić information content (AvgIpc) is 2.70. The van der Waals surface area contributed by atoms with Crippen molar-refractivity contribution in [2.45, 2.75) is 44.6 Å². The highest BCUT2D eigenvalue weighted by Crippen LogP contribution is 2.25. The Hall–Kier alpha value is -0.660. The molecule has 0 aromatic rings. The summed E-state index contributed by atoms with van der Waals surface area (Å²) >= 11 is 0. The van der Waals surface area contributed by atoms with Crippen LogP contribution in [0.2, 0.25) is 0 Å². The second kappa shape index (κ2) is 7.07. The topological polar surface area (TPSA) is 77.9 Å². The summed E-state index contributed by atoms with van der Waals surface area (Å²) in [4.78, 5) is 14.5. The minimum atomic E-state index is -3.15. The van der Waals surface area contributed by atoms with Crippen molar-refractivity contribution < 1.29 is 18.3 Å². The molecule has 0 bridgehead atoms. The molecular weight excluding hydrogens is 292 g/mol. The van der Waals surface area contributed by atoms with E-state index in [0.29, 0.717) is 25.9 Å². The average molecular weight is 318 g/mol. The molecule has 6 nitrogen and oxygen atoms in total. The van der Waals surface area contributed by atoms with Crippen LogP contribution in [0.3, 0.4) is 0 Å². The van der Waals surface area contributed by atoms with E-state index in [1.165, 1.54) is 10.6 Å². The Morgan fingerprint density at radius 1 is 1.10 bits per heavy atom. The van der Waals surface area contributed by atoms with Crippen molar-refractivity contribution in [1.29, 1.82) is 0 Å². The molecule has 2 saturated heterocycles. The van der Waals surface area contributed by atoms with Crippen LogP contribution >= 0.6 is 0 Å². The maximum Gasteiger partial charge on any atom is 0.226 e. The molecule has 1 N–H and O–H groups in total. The number of sulfonamides is 1. The first-order chi connectivity index (χ1) is 9.93. The maximum atomic E-state index is 12.7. The molecule has 0 aliphatic carbocycles. The lowest BCUT2D eigenvalue weighted by Crippen LogP contribution is -2.48. The fourth-order valence-electron chi connectivity index (χ4n) is 3.33. The number of carbonyl (C=O) groups excluding carboxylic acids is 1. The van der Waals surface area contributed by atoms with E-state index in [1.54, 1.807) is 0 Å². The van der Waals surface area contributed by atoms with Crippen LogP contribution in [-0.4, -0.2) is 67.2 Å². The van der Waals surface area contributed by atoms with Gasteiger partial charge in [-0.3, -0.25) is 4.79 Å². The number of aliphatic hydroxyl groups is 1. The molecule has 1 unspecified atom stereocenters. The van der Waals surface area contributed by atoms with Crippen LogP contribution in [0.25, 0.3) is 0 Å². The molecule has 2 aliphatic rings. The molecule has 2 aliphatic heterocycles. The highest BCUT2D eigenvalue weighted by atomic mass is 32.2. The van der Waals surface area contributed by atoms with Crippen molar-refractivity contribution >= 4 is 15.9 Å². The van der Waals surface area contributed by atoms with Gasteiger partial charge < -0.3 is 10.0 Å². The largest absolute Gasteiger partial charge is 0.394 e. The SMILES string of the molecule is CS(=O)(=O)N1CCC(C(=O)N2CCCCCC2CO)CC1. The van der Waals surface area contributed by atoms with Crippen molar-refractivity contribution in [2.24, 2.45) is 5.92 Å². The van der Waals surface area contributed by atoms with Gasteiger partial charge in [0.2, 0.25) is 15.9 Å². The zero-order valence-electron chi connectivity index (χ0n) is 12.7. The van der Waals surface area contributed by atoms with Gasteiger partial charge in [-0.15, -0.1) is 0 Å². The van der Waals surface area contributed by atoms with E-state index in [4.69, 9.17) is 0 Å². The van der Waals surface area contributed by atoms with Crippen molar-refractivity contribution in [3.63, 3.8) is 0 Å². The fourth-order valence-corrected chi connectivity index (χ4v) is 4.20. The third-order valence-electron chi connectivity index (χ3n) is 4.64. The van der Waals surface area contributed by atoms with Gasteiger partial charge in [-0.1, -0.05) is 12.8 Å². The lowest BCUT2D eigenvalue weighted by molar-refractivity contribution is -0.140. The minimum Gasteiger partial charge on any atom is -0.394 e. The summed E-state index contributed by atoms with van der Waals surface area (Å²) < 4.78 is 24.5. The van der Waals surface area contributed by atoms with Gasteiger partial charge in [0.1, 0.15) is 0 Å². The van der Waals surface area contributed by atoms with E-state index in [0.717, 1.165) is 32.2 Å². The lowest BCUT2D eigenvalue weighted by Gasteiger charge is -2.35. The summed E-state index contributed by atoms with van der Waals surface area (Å²) in [6, 6.07) is -0.0621. The van der Waals surface area contributed by atoms with Crippen LogP contribution in [0.15, 0.2) is 0 Å². The summed E-state index contributed by atoms with van der Waals surface area (Å²) in [5, 5.41) is 9.50. The van der Waals surface area contributed by atoms with Gasteiger partial charge in [-0.05, 0) is 25.7 Å². The summed E-state index contributed by atoms with van der Waals surface area (Å²) in [5.74, 6) is -0.000693. The van der Waals surface area contributed by atoms with Gasteiger partial charge in [-0.2, -0.15) is 0 Å². The third kappa shape index (κ3) is 4.17. The Labute approximate surface area is 127 Å². The number of aliphatic hydroxyl groups excluding tert-OH is 1. The number of hydrogen-bond acceptors (Lipinski definition) is 4. The maximum absolute atomic E-state index is 12.7. The molecule has 1 amide bonds. The summed E-state index contributed by atoms with van der Waals surface area (Å²) in [5.41, 5.74) is 0. The number of hydrogen-bond donors (Lipinski definition) is 1. The lowest BCUT2D eigenvalue weighted by atomic mass is 9.95. The molecule has 7 heteroatoms. The molecule has 1 atom stereocenters. The highest BCUT2D eigenvalue weighted by Gasteiger charge is 2.34. The zero-order valence-corrected chi connectivity index (χ0v) is 13.5. The van der Waals surface area contributed by atoms with Crippen LogP contribution in [0.4, 0.5) is 0 Å². The first-order valence-electron chi connectivity index (χ1n) is 7.80. The minimum absolute atomic E-state index is 0.0218. The first kappa shape index (κ1) is 16.7. The Kier molecular flexibility index (Phi) is 5.62. The number of nitrogens with zero attached hydrogens (tertiary/aromatic N) is 2. The number of amides is 1. The van der Waals surface area contributed by atoms with Gasteiger partial charge in [0, 0.05) is 25.6 Å². The summed E-state index contributed by atoms with van der Waals surface area (Å²) in [6.07, 6.45) is 6.40. The van der Waals surface area contributed by atoms with E-state index < -0.39 is 10.0 Å². The van der Waals surface area contributed by atoms with Crippen LogP contribution in [0.1, 0.15) is 38.5 Å². The fraction of sp³-hybridized carbons (Fsp3) is 0.929. The molecule has 2 rings (SSSR count). The molecule has 0 spiro atoms. The number of piperidine rings is 1. The second-order valence-corrected chi connectivity index (χ2v) is 8.14. The Morgan fingerprint density at radius 3 is 2.33 bits per heavy atom. The van der Waals surface area contributed by atoms with Crippen molar-refractivity contribution in [3.8, 4) is 0 Å². The Morgan fingerprint density at radius 2 is 1.76 bits per heavy atom. The Bertz CT molecular complexity index is 458. The van der Waals surface area contributed by atoms with Crippen LogP contribution < -0.4 is 0 Å². The van der Waals surface area contributed by atoms with E-state index in [9.17, 15) is 18.3 Å². The summed E-state index contributed by atoms with van der Waals surface area (Å²) in [7, 11) is -3.15. The molecule has 0 radical (unpaired) electrons. The van der Waals surface area contributed by atoms with E-state index in [1.807, 2.05) is 4.90 Å². The quantitative estimate of drug-likeness (QED) is 0.818. The molecule has 2 heterocycles. The van der Waals surface area contributed by atoms with Gasteiger partial charge in [0.25, 0.3) is 0 Å². The predicted octanol–water partition coefficient (Wildman–Crippen LogP) is 0.422. The molecule has 122 valence electrons. The smallest absolute Gasteiger partial charge is 0.226 e. The van der Waals surface area contributed by atoms with Gasteiger partial charge in [0.05, 0.1) is 18.9 Å². The van der Waals surface area contributed by atoms with Crippen LogP contribution in [0.5, 0.6) is 0 Å². The molecule has 0 saturated carbocycles. The van der Waals surface area contributed by atoms with E-state index in [2.05, 4.69) is 0 Å². The van der Waals surface area contributed by atoms with Gasteiger partial charge >= 0.3 is 0 Å². The van der Waals surface area contributed by atoms with Crippen molar-refractivity contribution in [2.75, 3.05) is 32.5 Å². The van der Waals surface area contributed by atoms with Gasteiger partial charge in [0.15, 0.2) is 0 Å². The number of likely N-dealkylation sites (tertiary alicyclic amines) is 1. The zero-order chi connectivity index (χ0) is 15.5. The van der Waals surface area contributed by atoms with Crippen LogP contribution in [-0.2, 0) is 14.8 Å². The first-order valence-corrected chi connectivity index (χ1v) is 9.64. The normalized spacial score (nSPS) is 26.6. The third-order valence-corrected chi connectivity index (χ3v) is 5.95.